The van der Waals surface area contributed by atoms with E-state index in [1.165, 1.54) is 6.07 Å². The third-order valence-corrected chi connectivity index (χ3v) is 5.20. The molecule has 4 heteroatoms. The van der Waals surface area contributed by atoms with Crippen LogP contribution in [-0.2, 0) is 11.2 Å². The molecule has 0 spiro atoms. The molecule has 0 bridgehead atoms. The Bertz CT molecular complexity index is 454. The normalized spacial score (nSPS) is 26.1. The summed E-state index contributed by atoms with van der Waals surface area (Å²) in [5.41, 5.74) is 1.09. The summed E-state index contributed by atoms with van der Waals surface area (Å²) in [6.45, 7) is 7.02. The molecular formula is C16H23BrFNO. The van der Waals surface area contributed by atoms with E-state index in [0.717, 1.165) is 44.5 Å². The molecular weight excluding hydrogens is 321 g/mol. The predicted octanol–water partition coefficient (Wildman–Crippen LogP) is 3.93. The number of halogens is 2. The van der Waals surface area contributed by atoms with E-state index < -0.39 is 0 Å². The van der Waals surface area contributed by atoms with Gasteiger partial charge in [-0.05, 0) is 60.3 Å². The van der Waals surface area contributed by atoms with Crippen molar-refractivity contribution in [1.82, 2.24) is 5.32 Å². The van der Waals surface area contributed by atoms with E-state index >= 15 is 0 Å². The molecule has 1 aromatic rings. The SMILES string of the molecule is CCCNCC1(Cc2cccc(F)c2Br)CCOC1C. The molecule has 20 heavy (non-hydrogen) atoms. The second-order valence-electron chi connectivity index (χ2n) is 5.69. The largest absolute Gasteiger partial charge is 0.378 e. The van der Waals surface area contributed by atoms with Gasteiger partial charge < -0.3 is 10.1 Å². The minimum absolute atomic E-state index is 0.0610. The highest BCUT2D eigenvalue weighted by atomic mass is 79.9. The van der Waals surface area contributed by atoms with Crippen LogP contribution in [0.1, 0.15) is 32.3 Å². The van der Waals surface area contributed by atoms with Crippen molar-refractivity contribution in [2.45, 2.75) is 39.2 Å². The maximum absolute atomic E-state index is 13.7. The number of hydrogen-bond donors (Lipinski definition) is 1. The van der Waals surface area contributed by atoms with Crippen molar-refractivity contribution in [3.05, 3.63) is 34.1 Å². The quantitative estimate of drug-likeness (QED) is 0.790. The lowest BCUT2D eigenvalue weighted by Gasteiger charge is -2.33. The number of benzene rings is 1. The second kappa shape index (κ2) is 7.01. The lowest BCUT2D eigenvalue weighted by Crippen LogP contribution is -2.41. The Balaban J connectivity index is 2.17. The molecule has 0 amide bonds. The summed E-state index contributed by atoms with van der Waals surface area (Å²) in [6, 6.07) is 5.27. The van der Waals surface area contributed by atoms with E-state index in [1.807, 2.05) is 6.07 Å². The van der Waals surface area contributed by atoms with Crippen molar-refractivity contribution in [1.29, 1.82) is 0 Å². The highest BCUT2D eigenvalue weighted by Gasteiger charge is 2.41. The smallest absolute Gasteiger partial charge is 0.137 e. The van der Waals surface area contributed by atoms with E-state index in [2.05, 4.69) is 35.1 Å². The first-order chi connectivity index (χ1) is 9.59. The van der Waals surface area contributed by atoms with Crippen LogP contribution in [0.3, 0.4) is 0 Å². The zero-order chi connectivity index (χ0) is 14.6. The summed E-state index contributed by atoms with van der Waals surface area (Å²) in [7, 11) is 0. The molecule has 2 nitrogen and oxygen atoms in total. The van der Waals surface area contributed by atoms with Crippen molar-refractivity contribution >= 4 is 15.9 Å². The summed E-state index contributed by atoms with van der Waals surface area (Å²) in [5.74, 6) is -0.189. The Morgan fingerprint density at radius 2 is 2.30 bits per heavy atom. The average Bonchev–Trinajstić information content (AvgIpc) is 2.77. The van der Waals surface area contributed by atoms with Gasteiger partial charge in [0.15, 0.2) is 0 Å². The number of nitrogens with one attached hydrogen (secondary N) is 1. The monoisotopic (exact) mass is 343 g/mol. The van der Waals surface area contributed by atoms with Crippen LogP contribution in [0.4, 0.5) is 4.39 Å². The van der Waals surface area contributed by atoms with E-state index in [1.54, 1.807) is 6.07 Å². The molecule has 2 rings (SSSR count). The van der Waals surface area contributed by atoms with Gasteiger partial charge in [-0.3, -0.25) is 0 Å². The van der Waals surface area contributed by atoms with Gasteiger partial charge in [-0.1, -0.05) is 19.1 Å². The lowest BCUT2D eigenvalue weighted by molar-refractivity contribution is 0.0630. The third kappa shape index (κ3) is 3.41. The highest BCUT2D eigenvalue weighted by molar-refractivity contribution is 9.10. The number of rotatable bonds is 6. The summed E-state index contributed by atoms with van der Waals surface area (Å²) >= 11 is 3.38. The standard InChI is InChI=1S/C16H23BrFNO/c1-3-8-19-11-16(7-9-20-12(16)2)10-13-5-4-6-14(18)15(13)17/h4-6,12,19H,3,7-11H2,1-2H3. The van der Waals surface area contributed by atoms with E-state index in [4.69, 9.17) is 4.74 Å². The molecule has 1 aliphatic rings. The van der Waals surface area contributed by atoms with Gasteiger partial charge in [0, 0.05) is 18.6 Å². The molecule has 1 heterocycles. The van der Waals surface area contributed by atoms with Gasteiger partial charge in [-0.2, -0.15) is 0 Å². The van der Waals surface area contributed by atoms with Crippen LogP contribution < -0.4 is 5.32 Å². The van der Waals surface area contributed by atoms with Crippen LogP contribution >= 0.6 is 15.9 Å². The van der Waals surface area contributed by atoms with E-state index in [9.17, 15) is 4.39 Å². The summed E-state index contributed by atoms with van der Waals surface area (Å²) in [6.07, 6.45) is 3.17. The Morgan fingerprint density at radius 1 is 1.50 bits per heavy atom. The van der Waals surface area contributed by atoms with Crippen molar-refractivity contribution in [2.24, 2.45) is 5.41 Å². The van der Waals surface area contributed by atoms with Crippen LogP contribution in [0, 0.1) is 11.2 Å². The van der Waals surface area contributed by atoms with Crippen LogP contribution in [-0.4, -0.2) is 25.8 Å². The van der Waals surface area contributed by atoms with Gasteiger partial charge in [-0.25, -0.2) is 4.39 Å². The number of ether oxygens (including phenoxy) is 1. The second-order valence-corrected chi connectivity index (χ2v) is 6.48. The fraction of sp³-hybridized carbons (Fsp3) is 0.625. The van der Waals surface area contributed by atoms with Gasteiger partial charge in [-0.15, -0.1) is 0 Å². The average molecular weight is 344 g/mol. The molecule has 0 aliphatic carbocycles. The maximum atomic E-state index is 13.7. The third-order valence-electron chi connectivity index (χ3n) is 4.31. The Labute approximate surface area is 129 Å². The highest BCUT2D eigenvalue weighted by Crippen LogP contribution is 2.39. The Hall–Kier alpha value is -0.450. The minimum Gasteiger partial charge on any atom is -0.378 e. The molecule has 2 unspecified atom stereocenters. The van der Waals surface area contributed by atoms with Crippen molar-refractivity contribution in [2.75, 3.05) is 19.7 Å². The van der Waals surface area contributed by atoms with Crippen molar-refractivity contribution < 1.29 is 9.13 Å². The molecule has 1 saturated heterocycles. The fourth-order valence-corrected chi connectivity index (χ4v) is 3.33. The molecule has 2 atom stereocenters. The molecule has 1 fully saturated rings. The van der Waals surface area contributed by atoms with Crippen molar-refractivity contribution in [3.8, 4) is 0 Å². The summed E-state index contributed by atoms with van der Waals surface area (Å²) in [4.78, 5) is 0. The molecule has 0 saturated carbocycles. The van der Waals surface area contributed by atoms with Gasteiger partial charge in [0.2, 0.25) is 0 Å². The van der Waals surface area contributed by atoms with Gasteiger partial charge in [0.05, 0.1) is 10.6 Å². The summed E-state index contributed by atoms with van der Waals surface area (Å²) < 4.78 is 20.1. The fourth-order valence-electron chi connectivity index (χ4n) is 2.92. The maximum Gasteiger partial charge on any atom is 0.137 e. The van der Waals surface area contributed by atoms with Crippen LogP contribution in [0.25, 0.3) is 0 Å². The molecule has 0 radical (unpaired) electrons. The predicted molar refractivity (Wildman–Crippen MR) is 83.4 cm³/mol. The zero-order valence-electron chi connectivity index (χ0n) is 12.2. The number of hydrogen-bond acceptors (Lipinski definition) is 2. The molecule has 1 aromatic carbocycles. The van der Waals surface area contributed by atoms with Gasteiger partial charge >= 0.3 is 0 Å². The minimum atomic E-state index is -0.189. The van der Waals surface area contributed by atoms with Gasteiger partial charge in [0.25, 0.3) is 0 Å². The first-order valence-electron chi connectivity index (χ1n) is 7.34. The van der Waals surface area contributed by atoms with E-state index in [-0.39, 0.29) is 17.3 Å². The molecule has 1 N–H and O–H groups in total. The van der Waals surface area contributed by atoms with Gasteiger partial charge in [0.1, 0.15) is 5.82 Å². The Kier molecular flexibility index (Phi) is 5.58. The van der Waals surface area contributed by atoms with E-state index in [0.29, 0.717) is 4.47 Å². The van der Waals surface area contributed by atoms with Crippen LogP contribution in [0.5, 0.6) is 0 Å². The van der Waals surface area contributed by atoms with Crippen LogP contribution in [0.2, 0.25) is 0 Å². The molecule has 1 aliphatic heterocycles. The Morgan fingerprint density at radius 3 is 2.95 bits per heavy atom. The zero-order valence-corrected chi connectivity index (χ0v) is 13.8. The molecule has 0 aromatic heterocycles. The van der Waals surface area contributed by atoms with Crippen molar-refractivity contribution in [3.63, 3.8) is 0 Å². The first-order valence-corrected chi connectivity index (χ1v) is 8.13. The summed E-state index contributed by atoms with van der Waals surface area (Å²) in [5, 5.41) is 3.51. The lowest BCUT2D eigenvalue weighted by atomic mass is 9.76. The molecule has 112 valence electrons. The van der Waals surface area contributed by atoms with Crippen LogP contribution in [0.15, 0.2) is 22.7 Å². The first kappa shape index (κ1) is 15.9. The topological polar surface area (TPSA) is 21.3 Å².